The van der Waals surface area contributed by atoms with Crippen molar-refractivity contribution >= 4 is 11.3 Å². The maximum absolute atomic E-state index is 9.47. The first-order chi connectivity index (χ1) is 8.31. The molecule has 0 amide bonds. The summed E-state index contributed by atoms with van der Waals surface area (Å²) < 4.78 is 0. The van der Waals surface area contributed by atoms with Crippen LogP contribution in [0, 0.1) is 0 Å². The molecule has 0 spiro atoms. The largest absolute Gasteiger partial charge is 0.394 e. The first kappa shape index (κ1) is 12.3. The van der Waals surface area contributed by atoms with E-state index in [9.17, 15) is 5.11 Å². The highest BCUT2D eigenvalue weighted by Gasteiger charge is 2.14. The van der Waals surface area contributed by atoms with Crippen LogP contribution in [-0.2, 0) is 0 Å². The van der Waals surface area contributed by atoms with Crippen LogP contribution in [-0.4, -0.2) is 11.7 Å². The molecular weight excluding hydrogens is 230 g/mol. The van der Waals surface area contributed by atoms with E-state index in [0.717, 1.165) is 5.56 Å². The van der Waals surface area contributed by atoms with Gasteiger partial charge in [0.25, 0.3) is 0 Å². The van der Waals surface area contributed by atoms with Crippen LogP contribution in [0.5, 0.6) is 0 Å². The molecule has 0 saturated heterocycles. The van der Waals surface area contributed by atoms with Crippen molar-refractivity contribution in [3.05, 3.63) is 58.3 Å². The molecule has 1 aromatic carbocycles. The van der Waals surface area contributed by atoms with Crippen LogP contribution in [0.3, 0.4) is 0 Å². The molecule has 0 fully saturated rings. The zero-order valence-corrected chi connectivity index (χ0v) is 10.7. The molecule has 17 heavy (non-hydrogen) atoms. The number of hydrogen-bond donors (Lipinski definition) is 2. The van der Waals surface area contributed by atoms with Crippen molar-refractivity contribution < 1.29 is 5.11 Å². The predicted octanol–water partition coefficient (Wildman–Crippen LogP) is 3.13. The fourth-order valence-electron chi connectivity index (χ4n) is 1.86. The van der Waals surface area contributed by atoms with Crippen LogP contribution < -0.4 is 5.32 Å². The van der Waals surface area contributed by atoms with Gasteiger partial charge < -0.3 is 10.4 Å². The van der Waals surface area contributed by atoms with Crippen LogP contribution in [0.15, 0.2) is 47.2 Å². The second-order valence-electron chi connectivity index (χ2n) is 4.09. The zero-order chi connectivity index (χ0) is 12.1. The summed E-state index contributed by atoms with van der Waals surface area (Å²) in [6, 6.07) is 12.4. The quantitative estimate of drug-likeness (QED) is 0.850. The Morgan fingerprint density at radius 3 is 2.53 bits per heavy atom. The third-order valence-corrected chi connectivity index (χ3v) is 3.58. The van der Waals surface area contributed by atoms with Gasteiger partial charge in [-0.1, -0.05) is 30.3 Å². The van der Waals surface area contributed by atoms with Gasteiger partial charge in [-0.25, -0.2) is 0 Å². The molecule has 2 aromatic rings. The maximum atomic E-state index is 9.47. The first-order valence-corrected chi connectivity index (χ1v) is 6.69. The Labute approximate surface area is 106 Å². The lowest BCUT2D eigenvalue weighted by Gasteiger charge is -2.21. The molecule has 2 rings (SSSR count). The molecule has 0 bridgehead atoms. The molecular formula is C14H17NOS. The van der Waals surface area contributed by atoms with Crippen LogP contribution in [0.1, 0.15) is 30.1 Å². The lowest BCUT2D eigenvalue weighted by Crippen LogP contribution is -2.27. The van der Waals surface area contributed by atoms with Gasteiger partial charge in [0.1, 0.15) is 0 Å². The molecule has 0 radical (unpaired) electrons. The van der Waals surface area contributed by atoms with Crippen LogP contribution in [0.4, 0.5) is 0 Å². The summed E-state index contributed by atoms with van der Waals surface area (Å²) in [4.78, 5) is 0. The molecule has 2 N–H and O–H groups in total. The number of benzene rings is 1. The minimum absolute atomic E-state index is 0.00824. The van der Waals surface area contributed by atoms with Gasteiger partial charge >= 0.3 is 0 Å². The summed E-state index contributed by atoms with van der Waals surface area (Å²) in [5.41, 5.74) is 2.39. The van der Waals surface area contributed by atoms with E-state index in [1.54, 1.807) is 11.3 Å². The highest BCUT2D eigenvalue weighted by atomic mass is 32.1. The van der Waals surface area contributed by atoms with Crippen molar-refractivity contribution in [2.45, 2.75) is 19.0 Å². The molecule has 1 heterocycles. The van der Waals surface area contributed by atoms with Gasteiger partial charge in [-0.15, -0.1) is 0 Å². The van der Waals surface area contributed by atoms with Crippen molar-refractivity contribution in [1.82, 2.24) is 5.32 Å². The van der Waals surface area contributed by atoms with E-state index in [0.29, 0.717) is 0 Å². The Bertz CT molecular complexity index is 427. The SMILES string of the molecule is CC(NC(CO)c1ccccc1)c1ccsc1. The average molecular weight is 247 g/mol. The summed E-state index contributed by atoms with van der Waals surface area (Å²) in [5, 5.41) is 17.1. The second kappa shape index (κ2) is 5.96. The predicted molar refractivity (Wildman–Crippen MR) is 72.1 cm³/mol. The van der Waals surface area contributed by atoms with E-state index in [2.05, 4.69) is 29.1 Å². The second-order valence-corrected chi connectivity index (χ2v) is 4.87. The first-order valence-electron chi connectivity index (χ1n) is 5.75. The number of aliphatic hydroxyl groups is 1. The molecule has 1 aromatic heterocycles. The van der Waals surface area contributed by atoms with Crippen LogP contribution in [0.25, 0.3) is 0 Å². The number of nitrogens with one attached hydrogen (secondary N) is 1. The summed E-state index contributed by atoms with van der Waals surface area (Å²) in [6.45, 7) is 2.23. The third-order valence-electron chi connectivity index (χ3n) is 2.88. The molecule has 2 atom stereocenters. The van der Waals surface area contributed by atoms with E-state index in [1.165, 1.54) is 5.56 Å². The van der Waals surface area contributed by atoms with E-state index in [1.807, 2.05) is 30.3 Å². The lowest BCUT2D eigenvalue weighted by molar-refractivity contribution is 0.235. The fourth-order valence-corrected chi connectivity index (χ4v) is 2.61. The third kappa shape index (κ3) is 3.16. The van der Waals surface area contributed by atoms with E-state index >= 15 is 0 Å². The van der Waals surface area contributed by atoms with Crippen LogP contribution >= 0.6 is 11.3 Å². The van der Waals surface area contributed by atoms with Crippen molar-refractivity contribution in [3.8, 4) is 0 Å². The Morgan fingerprint density at radius 1 is 1.18 bits per heavy atom. The minimum Gasteiger partial charge on any atom is -0.394 e. The smallest absolute Gasteiger partial charge is 0.0626 e. The van der Waals surface area contributed by atoms with Crippen molar-refractivity contribution in [2.24, 2.45) is 0 Å². The van der Waals surface area contributed by atoms with Crippen molar-refractivity contribution in [2.75, 3.05) is 6.61 Å². The molecule has 0 saturated carbocycles. The molecule has 0 aliphatic rings. The summed E-state index contributed by atoms with van der Waals surface area (Å²) >= 11 is 1.70. The minimum atomic E-state index is -0.00824. The number of thiophene rings is 1. The number of rotatable bonds is 5. The van der Waals surface area contributed by atoms with Crippen molar-refractivity contribution in [1.29, 1.82) is 0 Å². The van der Waals surface area contributed by atoms with Gasteiger partial charge in [0, 0.05) is 6.04 Å². The maximum Gasteiger partial charge on any atom is 0.0626 e. The molecule has 2 unspecified atom stereocenters. The molecule has 2 nitrogen and oxygen atoms in total. The highest BCUT2D eigenvalue weighted by Crippen LogP contribution is 2.20. The van der Waals surface area contributed by atoms with Gasteiger partial charge in [-0.05, 0) is 34.9 Å². The molecule has 0 aliphatic heterocycles. The molecule has 3 heteroatoms. The zero-order valence-electron chi connectivity index (χ0n) is 9.84. The lowest BCUT2D eigenvalue weighted by atomic mass is 10.1. The van der Waals surface area contributed by atoms with E-state index in [-0.39, 0.29) is 18.7 Å². The van der Waals surface area contributed by atoms with Gasteiger partial charge in [0.15, 0.2) is 0 Å². The standard InChI is InChI=1S/C14H17NOS/c1-11(13-7-8-17-10-13)15-14(9-16)12-5-3-2-4-6-12/h2-8,10-11,14-16H,9H2,1H3. The molecule has 0 aliphatic carbocycles. The summed E-state index contributed by atoms with van der Waals surface area (Å²) in [5.74, 6) is 0. The molecule has 90 valence electrons. The van der Waals surface area contributed by atoms with Gasteiger partial charge in [-0.3, -0.25) is 0 Å². The summed E-state index contributed by atoms with van der Waals surface area (Å²) in [6.07, 6.45) is 0. The van der Waals surface area contributed by atoms with Gasteiger partial charge in [0.2, 0.25) is 0 Å². The van der Waals surface area contributed by atoms with E-state index in [4.69, 9.17) is 0 Å². The number of aliphatic hydroxyl groups excluding tert-OH is 1. The van der Waals surface area contributed by atoms with E-state index < -0.39 is 0 Å². The Kier molecular flexibility index (Phi) is 4.31. The van der Waals surface area contributed by atoms with Gasteiger partial charge in [-0.2, -0.15) is 11.3 Å². The van der Waals surface area contributed by atoms with Crippen molar-refractivity contribution in [3.63, 3.8) is 0 Å². The normalized spacial score (nSPS) is 14.5. The Hall–Kier alpha value is -1.16. The topological polar surface area (TPSA) is 32.3 Å². The number of hydrogen-bond acceptors (Lipinski definition) is 3. The van der Waals surface area contributed by atoms with Crippen LogP contribution in [0.2, 0.25) is 0 Å². The Balaban J connectivity index is 2.06. The Morgan fingerprint density at radius 2 is 1.94 bits per heavy atom. The monoisotopic (exact) mass is 247 g/mol. The fraction of sp³-hybridized carbons (Fsp3) is 0.286. The average Bonchev–Trinajstić information content (AvgIpc) is 2.90. The van der Waals surface area contributed by atoms with Gasteiger partial charge in [0.05, 0.1) is 12.6 Å². The summed E-state index contributed by atoms with van der Waals surface area (Å²) in [7, 11) is 0. The highest BCUT2D eigenvalue weighted by molar-refractivity contribution is 7.07.